The van der Waals surface area contributed by atoms with Crippen molar-refractivity contribution in [2.24, 2.45) is 0 Å². The Morgan fingerprint density at radius 1 is 0.250 bits per heavy atom. The number of hydrogen-bond acceptors (Lipinski definition) is 20. The second-order valence-corrected chi connectivity index (χ2v) is 11.6. The van der Waals surface area contributed by atoms with Crippen LogP contribution in [0.15, 0.2) is 0 Å². The molecule has 0 aliphatic carbocycles. The predicted molar refractivity (Wildman–Crippen MR) is 32.2 cm³/mol. The Kier molecular flexibility index (Phi) is 44.6. The Morgan fingerprint density at radius 3 is 0.250 bits per heavy atom. The minimum absolute atomic E-state index is 0. The van der Waals surface area contributed by atoms with Gasteiger partial charge in [0.25, 0.3) is 0 Å². The van der Waals surface area contributed by atoms with E-state index in [4.69, 9.17) is 80.1 Å². The first-order chi connectivity index (χ1) is 10.0. The zero-order valence-electron chi connectivity index (χ0n) is 11.7. The second-order valence-electron chi connectivity index (χ2n) is 2.24. The minimum atomic E-state index is -5.88. The molecule has 0 spiro atoms. The van der Waals surface area contributed by atoms with Crippen LogP contribution in [0, 0.1) is 0 Å². The molecule has 28 heavy (non-hydrogen) atoms. The fourth-order valence-electron chi connectivity index (χ4n) is 0. The molecule has 0 aliphatic rings. The van der Waals surface area contributed by atoms with Crippen molar-refractivity contribution in [1.29, 1.82) is 0 Å². The van der Waals surface area contributed by atoms with Gasteiger partial charge in [0.1, 0.15) is 0 Å². The van der Waals surface area contributed by atoms with Crippen molar-refractivity contribution in [3.8, 4) is 0 Å². The van der Waals surface area contributed by atoms with Gasteiger partial charge in [-0.1, -0.05) is 0 Å². The molecule has 0 heterocycles. The van der Waals surface area contributed by atoms with Crippen LogP contribution in [-0.4, -0.2) is 72.6 Å². The molecule has 0 saturated heterocycles. The maximum Gasteiger partial charge on any atom is 5.00 e. The monoisotopic (exact) mass is 1240 g/mol. The summed E-state index contributed by atoms with van der Waals surface area (Å²) in [5.41, 5.74) is 0. The molecule has 0 aromatic carbocycles. The summed E-state index contributed by atoms with van der Waals surface area (Å²) in [4.78, 5) is 0. The molecule has 0 aliphatic heterocycles. The van der Waals surface area contributed by atoms with E-state index in [1.807, 2.05) is 0 Å². The summed E-state index contributed by atoms with van der Waals surface area (Å²) in [6.45, 7) is 0. The van der Waals surface area contributed by atoms with E-state index in [1.165, 1.54) is 0 Å². The molecular weight excluding hydrogens is 1240 g/mol. The maximum atomic E-state index is 8.61. The fraction of sp³-hybridized carbons (Fsp3) is 0. The van der Waals surface area contributed by atoms with Gasteiger partial charge in [0.05, 0.1) is 0 Å². The number of hydrogen-bond donors (Lipinski definition) is 0. The van der Waals surface area contributed by atoms with Crippen LogP contribution >= 0.6 is 0 Å². The SMILES string of the molecule is O=[As]([O-])([O-])[O-].O=[As]([O-])([O-])[O-].O=[As]([O-])([O-])[O-].O=[As]([O-])([O-])[O-].O=[As]([O-])([O-])[O-].[Ta+5].[Ta+5].[Ta+5]. The Labute approximate surface area is 216 Å². The third kappa shape index (κ3) is 2040. The van der Waals surface area contributed by atoms with Crippen LogP contribution in [0.5, 0.6) is 0 Å². The third-order valence-electron chi connectivity index (χ3n) is 0. The van der Waals surface area contributed by atoms with Gasteiger partial charge in [0, 0.05) is 0 Å². The van der Waals surface area contributed by atoms with Crippen LogP contribution in [-0.2, 0) is 85.8 Å². The van der Waals surface area contributed by atoms with Crippen LogP contribution in [0.4, 0.5) is 0 Å². The third-order valence-corrected chi connectivity index (χ3v) is 0. The molecule has 0 aromatic rings. The molecule has 0 N–H and O–H groups in total. The van der Waals surface area contributed by atoms with Crippen molar-refractivity contribution in [3.63, 3.8) is 0 Å². The van der Waals surface area contributed by atoms with E-state index < -0.39 is 72.6 Å². The van der Waals surface area contributed by atoms with Gasteiger partial charge >= 0.3 is 220 Å². The van der Waals surface area contributed by atoms with E-state index >= 15 is 0 Å². The van der Waals surface area contributed by atoms with E-state index in [9.17, 15) is 0 Å². The molecule has 0 unspecified atom stereocenters. The first kappa shape index (κ1) is 53.0. The molecule has 160 valence electrons. The fourth-order valence-corrected chi connectivity index (χ4v) is 0. The van der Waals surface area contributed by atoms with Crippen molar-refractivity contribution in [1.82, 2.24) is 0 Å². The van der Waals surface area contributed by atoms with Gasteiger partial charge in [-0.3, -0.25) is 0 Å². The molecule has 0 saturated carbocycles. The smallest absolute Gasteiger partial charge is 5.00 e. The summed E-state index contributed by atoms with van der Waals surface area (Å²) in [5.74, 6) is 0. The predicted octanol–water partition coefficient (Wildman–Crippen LogP) is -20.3. The zero-order valence-corrected chi connectivity index (χ0v) is 30.8. The molecule has 0 bridgehead atoms. The van der Waals surface area contributed by atoms with Crippen molar-refractivity contribution >= 4 is 72.6 Å². The molecule has 28 heteroatoms. The Hall–Kier alpha value is 3.41. The topological polar surface area (TPSA) is 431 Å². The summed E-state index contributed by atoms with van der Waals surface area (Å²) in [6, 6.07) is 0. The van der Waals surface area contributed by atoms with E-state index in [0.717, 1.165) is 0 Å². The minimum Gasteiger partial charge on any atom is 5.00 e. The summed E-state index contributed by atoms with van der Waals surface area (Å²) in [5, 5.41) is 0. The standard InChI is InChI=1S/5AsH3O4.3Ta/c5*2-1(3,4)5;;;/h5*(H3,2,3,4,5);;;/q;;;;;3*+5/p-15. The van der Waals surface area contributed by atoms with Crippen molar-refractivity contribution < 1.29 is 147 Å². The molecule has 20 nitrogen and oxygen atoms in total. The maximum absolute atomic E-state index is 8.61. The van der Waals surface area contributed by atoms with Crippen LogP contribution in [0.3, 0.4) is 0 Å². The van der Waals surface area contributed by atoms with Gasteiger partial charge in [0.15, 0.2) is 0 Å². The summed E-state index contributed by atoms with van der Waals surface area (Å²) >= 11 is -29.4. The largest absolute Gasteiger partial charge is 5.00 e. The average Bonchev–Trinajstić information content (AvgIpc) is 1.79. The first-order valence-electron chi connectivity index (χ1n) is 3.65. The van der Waals surface area contributed by atoms with Crippen LogP contribution < -0.4 is 61.4 Å². The van der Waals surface area contributed by atoms with Crippen molar-refractivity contribution in [3.05, 3.63) is 0 Å². The van der Waals surface area contributed by atoms with E-state index in [0.29, 0.717) is 0 Å². The zero-order chi connectivity index (χ0) is 22.5. The molecular formula is As5O20Ta3. The van der Waals surface area contributed by atoms with Gasteiger partial charge in [-0.05, 0) is 0 Å². The van der Waals surface area contributed by atoms with E-state index in [-0.39, 0.29) is 67.1 Å². The van der Waals surface area contributed by atoms with Gasteiger partial charge < -0.3 is 0 Å². The quantitative estimate of drug-likeness (QED) is 0.203. The normalized spacial score (nSPS) is 10.5. The Balaban J connectivity index is -0.0000000290. The Morgan fingerprint density at radius 2 is 0.250 bits per heavy atom. The average molecular weight is 1240 g/mol. The van der Waals surface area contributed by atoms with E-state index in [2.05, 4.69) is 0 Å². The van der Waals surface area contributed by atoms with E-state index in [1.54, 1.807) is 0 Å². The van der Waals surface area contributed by atoms with Crippen LogP contribution in [0.2, 0.25) is 0 Å². The van der Waals surface area contributed by atoms with Gasteiger partial charge in [-0.15, -0.1) is 0 Å². The van der Waals surface area contributed by atoms with Crippen LogP contribution in [0.25, 0.3) is 0 Å². The summed E-state index contributed by atoms with van der Waals surface area (Å²) in [7, 11) is 0. The second kappa shape index (κ2) is 23.6. The molecule has 0 fully saturated rings. The summed E-state index contributed by atoms with van der Waals surface area (Å²) in [6.07, 6.45) is 0. The van der Waals surface area contributed by atoms with Crippen molar-refractivity contribution in [2.75, 3.05) is 0 Å². The first-order valence-corrected chi connectivity index (χ1v) is 19.0. The summed E-state index contributed by atoms with van der Waals surface area (Å²) < 4.78 is 172. The molecule has 0 atom stereocenters. The van der Waals surface area contributed by atoms with Crippen molar-refractivity contribution in [2.45, 2.75) is 0 Å². The van der Waals surface area contributed by atoms with Crippen LogP contribution in [0.1, 0.15) is 0 Å². The molecule has 0 radical (unpaired) electrons. The Bertz CT molecular complexity index is 379. The molecule has 0 rings (SSSR count). The molecule has 0 aromatic heterocycles. The van der Waals surface area contributed by atoms with Gasteiger partial charge in [0.2, 0.25) is 0 Å². The molecule has 0 amide bonds. The number of rotatable bonds is 0. The van der Waals surface area contributed by atoms with Gasteiger partial charge in [-0.2, -0.15) is 0 Å². The van der Waals surface area contributed by atoms with Gasteiger partial charge in [-0.25, -0.2) is 0 Å².